The van der Waals surface area contributed by atoms with E-state index < -0.39 is 0 Å². The summed E-state index contributed by atoms with van der Waals surface area (Å²) >= 11 is 0. The molecule has 0 saturated carbocycles. The molecule has 2 aromatic rings. The van der Waals surface area contributed by atoms with E-state index in [1.165, 1.54) is 16.5 Å². The number of H-pyrrole nitrogens is 1. The summed E-state index contributed by atoms with van der Waals surface area (Å²) in [5.74, 6) is 0. The van der Waals surface area contributed by atoms with E-state index >= 15 is 0 Å². The monoisotopic (exact) mass is 228 g/mol. The summed E-state index contributed by atoms with van der Waals surface area (Å²) in [4.78, 5) is 16.4. The highest BCUT2D eigenvalue weighted by atomic mass is 16.1. The summed E-state index contributed by atoms with van der Waals surface area (Å²) in [6.45, 7) is 5.45. The number of benzene rings is 1. The summed E-state index contributed by atoms with van der Waals surface area (Å²) in [5, 5.41) is 1.22. The van der Waals surface area contributed by atoms with Crippen molar-refractivity contribution in [3.8, 4) is 0 Å². The zero-order chi connectivity index (χ0) is 11.8. The lowest BCUT2D eigenvalue weighted by Gasteiger charge is -2.27. The van der Waals surface area contributed by atoms with Gasteiger partial charge in [-0.1, -0.05) is 13.0 Å². The normalized spacial score (nSPS) is 16.1. The first-order valence-electron chi connectivity index (χ1n) is 6.13. The van der Waals surface area contributed by atoms with Gasteiger partial charge in [0, 0.05) is 24.0 Å². The lowest BCUT2D eigenvalue weighted by molar-refractivity contribution is 0.112. The van der Waals surface area contributed by atoms with Crippen LogP contribution in [0.5, 0.6) is 0 Å². The van der Waals surface area contributed by atoms with Crippen molar-refractivity contribution in [3.63, 3.8) is 0 Å². The molecule has 0 unspecified atom stereocenters. The molecule has 2 heterocycles. The molecule has 0 amide bonds. The largest absolute Gasteiger partial charge is 0.352 e. The number of aromatic amines is 1. The van der Waals surface area contributed by atoms with Crippen LogP contribution in [0, 0.1) is 0 Å². The van der Waals surface area contributed by atoms with Gasteiger partial charge in [0.2, 0.25) is 0 Å². The fourth-order valence-electron chi connectivity index (χ4n) is 2.70. The van der Waals surface area contributed by atoms with E-state index in [0.717, 1.165) is 37.9 Å². The van der Waals surface area contributed by atoms with Gasteiger partial charge < -0.3 is 4.98 Å². The van der Waals surface area contributed by atoms with E-state index in [2.05, 4.69) is 28.9 Å². The van der Waals surface area contributed by atoms with Gasteiger partial charge in [0.1, 0.15) is 0 Å². The highest BCUT2D eigenvalue weighted by molar-refractivity contribution is 5.90. The van der Waals surface area contributed by atoms with Crippen LogP contribution in [-0.2, 0) is 13.0 Å². The van der Waals surface area contributed by atoms with Gasteiger partial charge in [-0.2, -0.15) is 0 Å². The summed E-state index contributed by atoms with van der Waals surface area (Å²) in [6.07, 6.45) is 1.96. The van der Waals surface area contributed by atoms with Gasteiger partial charge in [0.25, 0.3) is 0 Å². The number of hydrogen-bond donors (Lipinski definition) is 1. The molecular weight excluding hydrogens is 212 g/mol. The molecule has 1 aromatic carbocycles. The maximum atomic E-state index is 10.8. The molecule has 0 fully saturated rings. The Morgan fingerprint density at radius 1 is 1.47 bits per heavy atom. The minimum Gasteiger partial charge on any atom is -0.352 e. The number of nitrogens with one attached hydrogen (secondary N) is 1. The first-order chi connectivity index (χ1) is 8.31. The molecule has 0 saturated heterocycles. The van der Waals surface area contributed by atoms with Gasteiger partial charge in [0.05, 0.1) is 5.69 Å². The van der Waals surface area contributed by atoms with Gasteiger partial charge in [-0.05, 0) is 36.2 Å². The molecule has 88 valence electrons. The molecular formula is C14H16N2O. The molecule has 3 nitrogen and oxygen atoms in total. The van der Waals surface area contributed by atoms with Gasteiger partial charge in [-0.15, -0.1) is 0 Å². The third kappa shape index (κ3) is 1.67. The minimum atomic E-state index is 0.673. The average Bonchev–Trinajstić information content (AvgIpc) is 2.81. The number of fused-ring (bicyclic) bond motifs is 3. The SMILES string of the molecule is CCN1CCc2c(ccc3[nH]c(C=O)cc23)C1. The smallest absolute Gasteiger partial charge is 0.166 e. The quantitative estimate of drug-likeness (QED) is 0.801. The number of hydrogen-bond acceptors (Lipinski definition) is 2. The van der Waals surface area contributed by atoms with Crippen LogP contribution in [0.1, 0.15) is 28.5 Å². The van der Waals surface area contributed by atoms with Gasteiger partial charge in [0.15, 0.2) is 6.29 Å². The Hall–Kier alpha value is -1.61. The van der Waals surface area contributed by atoms with Gasteiger partial charge in [-0.25, -0.2) is 0 Å². The first kappa shape index (κ1) is 10.5. The Bertz CT molecular complexity index is 571. The maximum absolute atomic E-state index is 10.8. The molecule has 1 N–H and O–H groups in total. The fourth-order valence-corrected chi connectivity index (χ4v) is 2.70. The van der Waals surface area contributed by atoms with Crippen molar-refractivity contribution in [2.24, 2.45) is 0 Å². The summed E-state index contributed by atoms with van der Waals surface area (Å²) in [5.41, 5.74) is 4.57. The highest BCUT2D eigenvalue weighted by Crippen LogP contribution is 2.27. The van der Waals surface area contributed by atoms with Crippen molar-refractivity contribution in [2.75, 3.05) is 13.1 Å². The van der Waals surface area contributed by atoms with Gasteiger partial charge >= 0.3 is 0 Å². The van der Waals surface area contributed by atoms with Gasteiger partial charge in [-0.3, -0.25) is 9.69 Å². The fraction of sp³-hybridized carbons (Fsp3) is 0.357. The van der Waals surface area contributed by atoms with Crippen LogP contribution < -0.4 is 0 Å². The molecule has 0 bridgehead atoms. The Labute approximate surface area is 100 Å². The Morgan fingerprint density at radius 3 is 3.12 bits per heavy atom. The number of aromatic nitrogens is 1. The number of carbonyl (C=O) groups is 1. The first-order valence-corrected chi connectivity index (χ1v) is 6.13. The molecule has 3 heteroatoms. The van der Waals surface area contributed by atoms with E-state index in [0.29, 0.717) is 5.69 Å². The zero-order valence-electron chi connectivity index (χ0n) is 9.99. The van der Waals surface area contributed by atoms with E-state index in [-0.39, 0.29) is 0 Å². The summed E-state index contributed by atoms with van der Waals surface area (Å²) in [6, 6.07) is 6.24. The zero-order valence-corrected chi connectivity index (χ0v) is 9.99. The Balaban J connectivity index is 2.13. The van der Waals surface area contributed by atoms with Crippen LogP contribution in [-0.4, -0.2) is 29.3 Å². The topological polar surface area (TPSA) is 36.1 Å². The molecule has 17 heavy (non-hydrogen) atoms. The van der Waals surface area contributed by atoms with Crippen LogP contribution in [0.25, 0.3) is 10.9 Å². The average molecular weight is 228 g/mol. The molecule has 0 aliphatic carbocycles. The van der Waals surface area contributed by atoms with E-state index in [1.807, 2.05) is 6.07 Å². The van der Waals surface area contributed by atoms with Crippen LogP contribution in [0.3, 0.4) is 0 Å². The Kier molecular flexibility index (Phi) is 2.48. The molecule has 3 rings (SSSR count). The summed E-state index contributed by atoms with van der Waals surface area (Å²) in [7, 11) is 0. The molecule has 1 aliphatic rings. The van der Waals surface area contributed by atoms with Crippen molar-refractivity contribution in [3.05, 3.63) is 35.0 Å². The molecule has 1 aliphatic heterocycles. The number of carbonyl (C=O) groups excluding carboxylic acids is 1. The summed E-state index contributed by atoms with van der Waals surface area (Å²) < 4.78 is 0. The van der Waals surface area contributed by atoms with Crippen LogP contribution >= 0.6 is 0 Å². The molecule has 0 spiro atoms. The maximum Gasteiger partial charge on any atom is 0.166 e. The van der Waals surface area contributed by atoms with E-state index in [1.54, 1.807) is 0 Å². The van der Waals surface area contributed by atoms with Crippen molar-refractivity contribution in [1.29, 1.82) is 0 Å². The molecule has 0 atom stereocenters. The third-order valence-electron chi connectivity index (χ3n) is 3.68. The lowest BCUT2D eigenvalue weighted by Crippen LogP contribution is -2.30. The second-order valence-electron chi connectivity index (χ2n) is 4.63. The number of rotatable bonds is 2. The van der Waals surface area contributed by atoms with Crippen molar-refractivity contribution >= 4 is 17.2 Å². The van der Waals surface area contributed by atoms with E-state index in [4.69, 9.17) is 0 Å². The van der Waals surface area contributed by atoms with E-state index in [9.17, 15) is 4.79 Å². The van der Waals surface area contributed by atoms with Crippen LogP contribution in [0.4, 0.5) is 0 Å². The third-order valence-corrected chi connectivity index (χ3v) is 3.68. The predicted octanol–water partition coefficient (Wildman–Crippen LogP) is 2.36. The number of aldehydes is 1. The van der Waals surface area contributed by atoms with Crippen molar-refractivity contribution in [2.45, 2.75) is 19.9 Å². The number of nitrogens with zero attached hydrogens (tertiary/aromatic N) is 1. The Morgan fingerprint density at radius 2 is 2.35 bits per heavy atom. The van der Waals surface area contributed by atoms with Crippen LogP contribution in [0.15, 0.2) is 18.2 Å². The standard InChI is InChI=1S/C14H16N2O/c1-2-16-6-5-12-10(8-16)3-4-14-13(12)7-11(9-17)15-14/h3-4,7,9,15H,2,5-6,8H2,1H3. The minimum absolute atomic E-state index is 0.673. The van der Waals surface area contributed by atoms with Crippen molar-refractivity contribution < 1.29 is 4.79 Å². The predicted molar refractivity (Wildman–Crippen MR) is 68.3 cm³/mol. The second kappa shape index (κ2) is 4.00. The highest BCUT2D eigenvalue weighted by Gasteiger charge is 2.17. The molecule has 0 radical (unpaired) electrons. The lowest BCUT2D eigenvalue weighted by atomic mass is 9.96. The molecule has 1 aromatic heterocycles. The second-order valence-corrected chi connectivity index (χ2v) is 4.63. The van der Waals surface area contributed by atoms with Crippen molar-refractivity contribution in [1.82, 2.24) is 9.88 Å². The number of likely N-dealkylation sites (N-methyl/N-ethyl adjacent to an activating group) is 1. The van der Waals surface area contributed by atoms with Crippen LogP contribution in [0.2, 0.25) is 0 Å².